The molecule has 1 heterocycles. The van der Waals surface area contributed by atoms with Crippen molar-refractivity contribution in [3.8, 4) is 0 Å². The highest BCUT2D eigenvalue weighted by Gasteiger charge is 2.50. The number of carbonyl (C=O) groups is 4. The summed E-state index contributed by atoms with van der Waals surface area (Å²) >= 11 is 0. The maximum absolute atomic E-state index is 13.0. The zero-order chi connectivity index (χ0) is 23.6. The van der Waals surface area contributed by atoms with Gasteiger partial charge in [-0.3, -0.25) is 14.5 Å². The zero-order valence-corrected chi connectivity index (χ0v) is 19.0. The molecule has 2 atom stereocenters. The molecule has 1 fully saturated rings. The fourth-order valence-electron chi connectivity index (χ4n) is 3.50. The van der Waals surface area contributed by atoms with Gasteiger partial charge < -0.3 is 15.4 Å². The standard InChI is InChI=1S/C20H27N3O7S/c1-6-11-19(2,17(26)30-4)21-15(24)12-23-16(25)20(3,22-18(23)27)13-7-9-14(10-8-13)31(5,28)29/h7-10H,6,11-12H2,1-5H3,(H,21,24)(H,22,27). The van der Waals surface area contributed by atoms with E-state index in [-0.39, 0.29) is 4.90 Å². The van der Waals surface area contributed by atoms with E-state index < -0.39 is 51.3 Å². The number of esters is 1. The van der Waals surface area contributed by atoms with Crippen LogP contribution >= 0.6 is 0 Å². The Hall–Kier alpha value is -2.95. The molecule has 11 heteroatoms. The third-order valence-electron chi connectivity index (χ3n) is 5.24. The Bertz CT molecular complexity index is 1010. The summed E-state index contributed by atoms with van der Waals surface area (Å²) < 4.78 is 28.0. The van der Waals surface area contributed by atoms with Crippen LogP contribution in [-0.4, -0.2) is 62.6 Å². The van der Waals surface area contributed by atoms with Crippen molar-refractivity contribution in [1.82, 2.24) is 15.5 Å². The molecule has 4 amide bonds. The van der Waals surface area contributed by atoms with Gasteiger partial charge in [0.2, 0.25) is 5.91 Å². The molecular weight excluding hydrogens is 426 g/mol. The molecule has 0 aliphatic carbocycles. The first-order valence-corrected chi connectivity index (χ1v) is 11.5. The van der Waals surface area contributed by atoms with Crippen molar-refractivity contribution in [3.63, 3.8) is 0 Å². The van der Waals surface area contributed by atoms with Crippen LogP contribution < -0.4 is 10.6 Å². The molecule has 170 valence electrons. The van der Waals surface area contributed by atoms with Gasteiger partial charge in [0.15, 0.2) is 9.84 Å². The minimum atomic E-state index is -3.42. The number of sulfone groups is 1. The van der Waals surface area contributed by atoms with Crippen molar-refractivity contribution in [2.24, 2.45) is 0 Å². The average Bonchev–Trinajstić information content (AvgIpc) is 2.90. The number of methoxy groups -OCH3 is 1. The van der Waals surface area contributed by atoms with Crippen LogP contribution in [0.2, 0.25) is 0 Å². The number of nitrogens with one attached hydrogen (secondary N) is 2. The van der Waals surface area contributed by atoms with Crippen molar-refractivity contribution < 1.29 is 32.3 Å². The summed E-state index contributed by atoms with van der Waals surface area (Å²) in [6, 6.07) is 4.79. The molecule has 2 rings (SSSR count). The molecular formula is C20H27N3O7S. The second kappa shape index (κ2) is 8.66. The van der Waals surface area contributed by atoms with Crippen molar-refractivity contribution in [1.29, 1.82) is 0 Å². The molecule has 1 aliphatic heterocycles. The number of rotatable bonds is 8. The van der Waals surface area contributed by atoms with Crippen molar-refractivity contribution in [3.05, 3.63) is 29.8 Å². The van der Waals surface area contributed by atoms with Gasteiger partial charge >= 0.3 is 12.0 Å². The molecule has 0 saturated carbocycles. The number of nitrogens with zero attached hydrogens (tertiary/aromatic N) is 1. The predicted octanol–water partition coefficient (Wildman–Crippen LogP) is 0.705. The Kier molecular flexibility index (Phi) is 6.79. The van der Waals surface area contributed by atoms with E-state index in [1.54, 1.807) is 0 Å². The Morgan fingerprint density at radius 1 is 1.23 bits per heavy atom. The second-order valence-electron chi connectivity index (χ2n) is 7.86. The van der Waals surface area contributed by atoms with Crippen molar-refractivity contribution in [2.45, 2.75) is 49.6 Å². The molecule has 0 aromatic heterocycles. The highest BCUT2D eigenvalue weighted by molar-refractivity contribution is 7.90. The molecule has 1 saturated heterocycles. The van der Waals surface area contributed by atoms with E-state index in [0.29, 0.717) is 18.4 Å². The van der Waals surface area contributed by atoms with Gasteiger partial charge in [-0.05, 0) is 38.0 Å². The lowest BCUT2D eigenvalue weighted by Gasteiger charge is -2.28. The summed E-state index contributed by atoms with van der Waals surface area (Å²) in [4.78, 5) is 50.9. The van der Waals surface area contributed by atoms with E-state index in [1.807, 2.05) is 6.92 Å². The van der Waals surface area contributed by atoms with Crippen LogP contribution in [0.5, 0.6) is 0 Å². The molecule has 0 bridgehead atoms. The van der Waals surface area contributed by atoms with E-state index in [4.69, 9.17) is 4.74 Å². The number of amides is 4. The summed E-state index contributed by atoms with van der Waals surface area (Å²) in [5.41, 5.74) is -2.39. The summed E-state index contributed by atoms with van der Waals surface area (Å²) in [5.74, 6) is -1.99. The van der Waals surface area contributed by atoms with Gasteiger partial charge in [-0.25, -0.2) is 18.0 Å². The molecule has 1 aromatic carbocycles. The molecule has 0 spiro atoms. The van der Waals surface area contributed by atoms with Gasteiger partial charge in [0.1, 0.15) is 17.6 Å². The van der Waals surface area contributed by atoms with Crippen LogP contribution in [0.1, 0.15) is 39.2 Å². The largest absolute Gasteiger partial charge is 0.467 e. The first-order valence-electron chi connectivity index (χ1n) is 9.62. The molecule has 2 unspecified atom stereocenters. The fraction of sp³-hybridized carbons (Fsp3) is 0.500. The highest BCUT2D eigenvalue weighted by atomic mass is 32.2. The van der Waals surface area contributed by atoms with Crippen LogP contribution in [0, 0.1) is 0 Å². The van der Waals surface area contributed by atoms with E-state index >= 15 is 0 Å². The van der Waals surface area contributed by atoms with Crippen molar-refractivity contribution in [2.75, 3.05) is 19.9 Å². The van der Waals surface area contributed by atoms with Crippen molar-refractivity contribution >= 4 is 33.7 Å². The average molecular weight is 454 g/mol. The lowest BCUT2D eigenvalue weighted by atomic mass is 9.92. The Balaban J connectivity index is 2.21. The molecule has 1 aliphatic rings. The maximum Gasteiger partial charge on any atom is 0.331 e. The summed E-state index contributed by atoms with van der Waals surface area (Å²) in [6.07, 6.45) is 1.97. The van der Waals surface area contributed by atoms with Gasteiger partial charge in [-0.2, -0.15) is 0 Å². The van der Waals surface area contributed by atoms with E-state index in [1.165, 1.54) is 45.2 Å². The van der Waals surface area contributed by atoms with Crippen LogP contribution in [0.3, 0.4) is 0 Å². The first kappa shape index (κ1) is 24.3. The lowest BCUT2D eigenvalue weighted by molar-refractivity contribution is -0.150. The molecule has 31 heavy (non-hydrogen) atoms. The topological polar surface area (TPSA) is 139 Å². The van der Waals surface area contributed by atoms with Crippen LogP contribution in [0.15, 0.2) is 29.2 Å². The van der Waals surface area contributed by atoms with Gasteiger partial charge in [-0.15, -0.1) is 0 Å². The third-order valence-corrected chi connectivity index (χ3v) is 6.37. The second-order valence-corrected chi connectivity index (χ2v) is 9.88. The number of imide groups is 1. The van der Waals surface area contributed by atoms with E-state index in [0.717, 1.165) is 11.2 Å². The maximum atomic E-state index is 13.0. The highest BCUT2D eigenvalue weighted by Crippen LogP contribution is 2.29. The number of urea groups is 1. The minimum absolute atomic E-state index is 0.0749. The number of hydrogen-bond acceptors (Lipinski definition) is 7. The van der Waals surface area contributed by atoms with Crippen LogP contribution in [-0.2, 0) is 34.5 Å². The number of carbonyl (C=O) groups excluding carboxylic acids is 4. The van der Waals surface area contributed by atoms with Gasteiger partial charge in [0.25, 0.3) is 5.91 Å². The number of ether oxygens (including phenoxy) is 1. The molecule has 2 N–H and O–H groups in total. The smallest absolute Gasteiger partial charge is 0.331 e. The molecule has 1 aromatic rings. The predicted molar refractivity (Wildman–Crippen MR) is 111 cm³/mol. The van der Waals surface area contributed by atoms with Gasteiger partial charge in [0, 0.05) is 6.26 Å². The van der Waals surface area contributed by atoms with Gasteiger partial charge in [0.05, 0.1) is 12.0 Å². The lowest BCUT2D eigenvalue weighted by Crippen LogP contribution is -2.55. The quantitative estimate of drug-likeness (QED) is 0.436. The fourth-order valence-corrected chi connectivity index (χ4v) is 4.13. The molecule has 10 nitrogen and oxygen atoms in total. The number of benzene rings is 1. The third kappa shape index (κ3) is 4.87. The van der Waals surface area contributed by atoms with E-state index in [9.17, 15) is 27.6 Å². The van der Waals surface area contributed by atoms with Crippen LogP contribution in [0.4, 0.5) is 4.79 Å². The summed E-state index contributed by atoms with van der Waals surface area (Å²) in [6.45, 7) is 4.24. The zero-order valence-electron chi connectivity index (χ0n) is 18.1. The Labute approximate surface area is 181 Å². The van der Waals surface area contributed by atoms with Crippen LogP contribution in [0.25, 0.3) is 0 Å². The van der Waals surface area contributed by atoms with Gasteiger partial charge in [-0.1, -0.05) is 25.5 Å². The monoisotopic (exact) mass is 453 g/mol. The Morgan fingerprint density at radius 2 is 1.81 bits per heavy atom. The first-order chi connectivity index (χ1) is 14.3. The Morgan fingerprint density at radius 3 is 2.29 bits per heavy atom. The minimum Gasteiger partial charge on any atom is -0.467 e. The SMILES string of the molecule is CCCC(C)(NC(=O)CN1C(=O)NC(C)(c2ccc(S(C)(=O)=O)cc2)C1=O)C(=O)OC. The molecule has 0 radical (unpaired) electrons. The summed E-state index contributed by atoms with van der Waals surface area (Å²) in [5, 5.41) is 5.10. The number of hydrogen-bond donors (Lipinski definition) is 2. The normalized spacial score (nSPS) is 20.7. The van der Waals surface area contributed by atoms with E-state index in [2.05, 4.69) is 10.6 Å². The summed E-state index contributed by atoms with van der Waals surface area (Å²) in [7, 11) is -2.21.